The summed E-state index contributed by atoms with van der Waals surface area (Å²) in [7, 11) is 0. The smallest absolute Gasteiger partial charge is 0.450 e. The van der Waals surface area contributed by atoms with E-state index in [1.165, 1.54) is 0 Å². The first kappa shape index (κ1) is 21.8. The summed E-state index contributed by atoms with van der Waals surface area (Å²) in [6.45, 7) is 9.56. The second-order valence-electron chi connectivity index (χ2n) is 5.55. The Labute approximate surface area is 126 Å². The summed E-state index contributed by atoms with van der Waals surface area (Å²) in [6.07, 6.45) is 2.13. The van der Waals surface area contributed by atoms with Gasteiger partial charge in [0.1, 0.15) is 5.60 Å². The predicted molar refractivity (Wildman–Crippen MR) is 77.2 cm³/mol. The van der Waals surface area contributed by atoms with Crippen molar-refractivity contribution < 1.29 is 34.3 Å². The maximum absolute atomic E-state index is 10.1. The number of carbonyl (C=O) groups is 2. The molecule has 0 aromatic heterocycles. The van der Waals surface area contributed by atoms with Gasteiger partial charge >= 0.3 is 12.3 Å². The lowest BCUT2D eigenvalue weighted by Gasteiger charge is -2.16. The molecule has 0 fully saturated rings. The van der Waals surface area contributed by atoms with E-state index in [-0.39, 0.29) is 0 Å². The SMILES string of the molecule is CC(C)(C)OC(=O)OO.CCCCC(CC)COC(=O)O. The van der Waals surface area contributed by atoms with Crippen LogP contribution in [0.25, 0.3) is 0 Å². The van der Waals surface area contributed by atoms with Gasteiger partial charge in [0.25, 0.3) is 0 Å². The minimum atomic E-state index is -1.16. The summed E-state index contributed by atoms with van der Waals surface area (Å²) in [5, 5.41) is 16.0. The van der Waals surface area contributed by atoms with Gasteiger partial charge < -0.3 is 14.6 Å². The number of unbranched alkanes of at least 4 members (excludes halogenated alkanes) is 1. The highest BCUT2D eigenvalue weighted by molar-refractivity contribution is 5.59. The monoisotopic (exact) mass is 308 g/mol. The Morgan fingerprint density at radius 2 is 1.76 bits per heavy atom. The van der Waals surface area contributed by atoms with E-state index in [0.29, 0.717) is 12.5 Å². The molecule has 1 atom stereocenters. The zero-order chi connectivity index (χ0) is 16.9. The lowest BCUT2D eigenvalue weighted by molar-refractivity contribution is -0.210. The van der Waals surface area contributed by atoms with Gasteiger partial charge in [-0.2, -0.15) is 5.26 Å². The Morgan fingerprint density at radius 1 is 1.19 bits per heavy atom. The number of hydrogen-bond acceptors (Lipinski definition) is 6. The molecule has 1 unspecified atom stereocenters. The minimum absolute atomic E-state index is 0.353. The first-order chi connectivity index (χ1) is 9.66. The fourth-order valence-electron chi connectivity index (χ4n) is 1.36. The van der Waals surface area contributed by atoms with Crippen molar-refractivity contribution in [2.45, 2.75) is 65.9 Å². The number of rotatable bonds is 6. The van der Waals surface area contributed by atoms with E-state index in [1.807, 2.05) is 0 Å². The van der Waals surface area contributed by atoms with Crippen molar-refractivity contribution in [1.82, 2.24) is 0 Å². The standard InChI is InChI=1S/C9H18O3.C5H10O4/c1-3-5-6-8(4-2)7-12-9(10)11;1-5(2,3)8-4(6)9-7/h8H,3-7H2,1-2H3,(H,10,11);7H,1-3H3. The Hall–Kier alpha value is -1.50. The molecular weight excluding hydrogens is 280 g/mol. The van der Waals surface area contributed by atoms with Crippen LogP contribution in [-0.2, 0) is 14.4 Å². The van der Waals surface area contributed by atoms with Crippen molar-refractivity contribution in [3.63, 3.8) is 0 Å². The third-order valence-corrected chi connectivity index (χ3v) is 2.45. The summed E-state index contributed by atoms with van der Waals surface area (Å²) in [6, 6.07) is 0. The lowest BCUT2D eigenvalue weighted by atomic mass is 10.0. The normalized spacial score (nSPS) is 11.7. The maximum Gasteiger partial charge on any atom is 0.540 e. The fourth-order valence-corrected chi connectivity index (χ4v) is 1.36. The zero-order valence-electron chi connectivity index (χ0n) is 13.5. The Bertz CT molecular complexity index is 284. The van der Waals surface area contributed by atoms with Gasteiger partial charge in [0.05, 0.1) is 6.61 Å². The molecule has 7 heteroatoms. The van der Waals surface area contributed by atoms with Gasteiger partial charge in [-0.15, -0.1) is 0 Å². The maximum atomic E-state index is 10.1. The summed E-state index contributed by atoms with van der Waals surface area (Å²) < 4.78 is 8.98. The molecule has 0 radical (unpaired) electrons. The first-order valence-electron chi connectivity index (χ1n) is 7.06. The van der Waals surface area contributed by atoms with Crippen molar-refractivity contribution in [1.29, 1.82) is 0 Å². The van der Waals surface area contributed by atoms with Crippen LogP contribution >= 0.6 is 0 Å². The van der Waals surface area contributed by atoms with Crippen LogP contribution in [0.5, 0.6) is 0 Å². The van der Waals surface area contributed by atoms with Crippen LogP contribution in [-0.4, -0.2) is 34.9 Å². The molecule has 0 aromatic rings. The van der Waals surface area contributed by atoms with Gasteiger partial charge in [0.15, 0.2) is 0 Å². The Kier molecular flexibility index (Phi) is 12.7. The highest BCUT2D eigenvalue weighted by Gasteiger charge is 2.16. The van der Waals surface area contributed by atoms with Crippen LogP contribution in [0.1, 0.15) is 60.3 Å². The quantitative estimate of drug-likeness (QED) is 0.428. The van der Waals surface area contributed by atoms with Crippen molar-refractivity contribution in [3.8, 4) is 0 Å². The molecular formula is C14H28O7. The van der Waals surface area contributed by atoms with Gasteiger partial charge in [0.2, 0.25) is 0 Å². The van der Waals surface area contributed by atoms with Crippen molar-refractivity contribution in [2.24, 2.45) is 5.92 Å². The second kappa shape index (κ2) is 12.3. The molecule has 21 heavy (non-hydrogen) atoms. The van der Waals surface area contributed by atoms with Crippen molar-refractivity contribution >= 4 is 12.3 Å². The van der Waals surface area contributed by atoms with Crippen molar-refractivity contribution in [2.75, 3.05) is 6.61 Å². The van der Waals surface area contributed by atoms with E-state index >= 15 is 0 Å². The van der Waals surface area contributed by atoms with E-state index in [2.05, 4.69) is 28.2 Å². The van der Waals surface area contributed by atoms with Gasteiger partial charge in [-0.3, -0.25) is 4.89 Å². The Balaban J connectivity index is 0. The molecule has 0 heterocycles. The third-order valence-electron chi connectivity index (χ3n) is 2.45. The van der Waals surface area contributed by atoms with Crippen molar-refractivity contribution in [3.05, 3.63) is 0 Å². The zero-order valence-corrected chi connectivity index (χ0v) is 13.5. The Morgan fingerprint density at radius 3 is 2.05 bits per heavy atom. The van der Waals surface area contributed by atoms with Crippen LogP contribution in [0.15, 0.2) is 0 Å². The average Bonchev–Trinajstić information content (AvgIpc) is 2.37. The minimum Gasteiger partial charge on any atom is -0.450 e. The molecule has 7 nitrogen and oxygen atoms in total. The lowest BCUT2D eigenvalue weighted by Crippen LogP contribution is -2.23. The van der Waals surface area contributed by atoms with Crippen LogP contribution in [0, 0.1) is 5.92 Å². The molecule has 0 aliphatic carbocycles. The fraction of sp³-hybridized carbons (Fsp3) is 0.857. The van der Waals surface area contributed by atoms with E-state index in [1.54, 1.807) is 20.8 Å². The molecule has 0 saturated carbocycles. The van der Waals surface area contributed by atoms with E-state index < -0.39 is 17.9 Å². The predicted octanol–water partition coefficient (Wildman–Crippen LogP) is 4.31. The average molecular weight is 308 g/mol. The summed E-state index contributed by atoms with van der Waals surface area (Å²) >= 11 is 0. The van der Waals surface area contributed by atoms with E-state index in [9.17, 15) is 9.59 Å². The molecule has 0 aliphatic rings. The molecule has 0 saturated heterocycles. The summed E-state index contributed by atoms with van der Waals surface area (Å²) in [5.74, 6) is 0.404. The van der Waals surface area contributed by atoms with Gasteiger partial charge in [-0.25, -0.2) is 9.59 Å². The van der Waals surface area contributed by atoms with Gasteiger partial charge in [0, 0.05) is 0 Å². The molecule has 0 bridgehead atoms. The van der Waals surface area contributed by atoms with E-state index in [4.69, 9.17) is 10.4 Å². The summed E-state index contributed by atoms with van der Waals surface area (Å²) in [5.41, 5.74) is -0.611. The van der Waals surface area contributed by atoms with Gasteiger partial charge in [-0.1, -0.05) is 33.1 Å². The van der Waals surface area contributed by atoms with Crippen LogP contribution < -0.4 is 0 Å². The molecule has 0 aromatic carbocycles. The second-order valence-corrected chi connectivity index (χ2v) is 5.55. The highest BCUT2D eigenvalue weighted by Crippen LogP contribution is 2.12. The van der Waals surface area contributed by atoms with Crippen LogP contribution in [0.4, 0.5) is 9.59 Å². The highest BCUT2D eigenvalue weighted by atomic mass is 17.1. The molecule has 0 rings (SSSR count). The van der Waals surface area contributed by atoms with E-state index in [0.717, 1.165) is 25.7 Å². The molecule has 2 N–H and O–H groups in total. The molecule has 0 aliphatic heterocycles. The number of ether oxygens (including phenoxy) is 2. The largest absolute Gasteiger partial charge is 0.540 e. The molecule has 0 amide bonds. The molecule has 0 spiro atoms. The summed E-state index contributed by atoms with van der Waals surface area (Å²) in [4.78, 5) is 23.5. The number of carboxylic acid groups (broad SMARTS) is 1. The third kappa shape index (κ3) is 18.5. The topological polar surface area (TPSA) is 102 Å². The van der Waals surface area contributed by atoms with Crippen LogP contribution in [0.2, 0.25) is 0 Å². The van der Waals surface area contributed by atoms with Gasteiger partial charge in [-0.05, 0) is 33.1 Å². The van der Waals surface area contributed by atoms with Crippen LogP contribution in [0.3, 0.4) is 0 Å². The first-order valence-corrected chi connectivity index (χ1v) is 7.06. The number of carbonyl (C=O) groups excluding carboxylic acids is 1. The number of hydrogen-bond donors (Lipinski definition) is 2. The molecule has 126 valence electrons.